The highest BCUT2D eigenvalue weighted by Gasteiger charge is 2.12. The van der Waals surface area contributed by atoms with E-state index >= 15 is 0 Å². The van der Waals surface area contributed by atoms with Gasteiger partial charge in [0.05, 0.1) is 5.69 Å². The molecule has 0 fully saturated rings. The van der Waals surface area contributed by atoms with E-state index in [9.17, 15) is 9.18 Å². The number of rotatable bonds is 3. The number of benzene rings is 2. The number of para-hydroxylation sites is 1. The van der Waals surface area contributed by atoms with Crippen LogP contribution in [0.1, 0.15) is 11.1 Å². The molecule has 0 unspecified atom stereocenters. The summed E-state index contributed by atoms with van der Waals surface area (Å²) in [7, 11) is 1.68. The van der Waals surface area contributed by atoms with Crippen molar-refractivity contribution in [2.75, 3.05) is 12.4 Å². The van der Waals surface area contributed by atoms with Crippen molar-refractivity contribution in [1.82, 2.24) is 4.90 Å². The minimum atomic E-state index is -0.440. The first-order valence-corrected chi connectivity index (χ1v) is 6.39. The first-order valence-electron chi connectivity index (χ1n) is 6.39. The number of nitrogens with one attached hydrogen (secondary N) is 1. The second kappa shape index (κ2) is 6.19. The lowest BCUT2D eigenvalue weighted by molar-refractivity contribution is 0.220. The summed E-state index contributed by atoms with van der Waals surface area (Å²) in [5, 5.41) is 2.56. The minimum Gasteiger partial charge on any atom is -0.323 e. The molecular formula is C16H17FN2O. The van der Waals surface area contributed by atoms with Crippen LogP contribution in [-0.2, 0) is 6.54 Å². The molecule has 0 aliphatic carbocycles. The number of aryl methyl sites for hydroxylation is 1. The Morgan fingerprint density at radius 2 is 1.80 bits per heavy atom. The quantitative estimate of drug-likeness (QED) is 0.905. The summed E-state index contributed by atoms with van der Waals surface area (Å²) in [6.45, 7) is 2.48. The summed E-state index contributed by atoms with van der Waals surface area (Å²) in [5.41, 5.74) is 2.38. The van der Waals surface area contributed by atoms with Crippen molar-refractivity contribution in [3.05, 3.63) is 65.5 Å². The molecule has 104 valence electrons. The predicted molar refractivity (Wildman–Crippen MR) is 78.1 cm³/mol. The fourth-order valence-electron chi connectivity index (χ4n) is 1.89. The van der Waals surface area contributed by atoms with Crippen molar-refractivity contribution in [3.63, 3.8) is 0 Å². The molecule has 0 aliphatic rings. The van der Waals surface area contributed by atoms with Gasteiger partial charge in [0.1, 0.15) is 5.82 Å². The van der Waals surface area contributed by atoms with E-state index in [1.54, 1.807) is 19.2 Å². The van der Waals surface area contributed by atoms with E-state index in [-0.39, 0.29) is 11.7 Å². The number of nitrogens with zero attached hydrogens (tertiary/aromatic N) is 1. The zero-order valence-electron chi connectivity index (χ0n) is 11.6. The molecule has 0 bridgehead atoms. The van der Waals surface area contributed by atoms with Crippen LogP contribution in [-0.4, -0.2) is 18.0 Å². The molecule has 0 atom stereocenters. The lowest BCUT2D eigenvalue weighted by atomic mass is 10.1. The molecule has 3 nitrogen and oxygen atoms in total. The minimum absolute atomic E-state index is 0.189. The Bertz CT molecular complexity index is 613. The van der Waals surface area contributed by atoms with Gasteiger partial charge in [-0.05, 0) is 30.2 Å². The molecule has 2 aromatic carbocycles. The van der Waals surface area contributed by atoms with Gasteiger partial charge >= 0.3 is 6.03 Å². The van der Waals surface area contributed by atoms with Gasteiger partial charge in [0.15, 0.2) is 0 Å². The normalized spacial score (nSPS) is 10.2. The Morgan fingerprint density at radius 1 is 1.15 bits per heavy atom. The topological polar surface area (TPSA) is 32.3 Å². The number of halogens is 1. The second-order valence-corrected chi connectivity index (χ2v) is 4.69. The molecule has 0 saturated carbocycles. The molecule has 2 rings (SSSR count). The van der Waals surface area contributed by atoms with Crippen molar-refractivity contribution < 1.29 is 9.18 Å². The van der Waals surface area contributed by atoms with Crippen LogP contribution in [0.3, 0.4) is 0 Å². The summed E-state index contributed by atoms with van der Waals surface area (Å²) < 4.78 is 13.5. The molecule has 0 saturated heterocycles. The number of anilines is 1. The third-order valence-electron chi connectivity index (χ3n) is 3.13. The van der Waals surface area contributed by atoms with Crippen LogP contribution < -0.4 is 5.32 Å². The smallest absolute Gasteiger partial charge is 0.321 e. The van der Waals surface area contributed by atoms with Gasteiger partial charge in [-0.1, -0.05) is 36.4 Å². The number of hydrogen-bond acceptors (Lipinski definition) is 1. The van der Waals surface area contributed by atoms with Crippen molar-refractivity contribution in [1.29, 1.82) is 0 Å². The first kappa shape index (κ1) is 14.1. The summed E-state index contributed by atoms with van der Waals surface area (Å²) in [6.07, 6.45) is 0. The average Bonchev–Trinajstić information content (AvgIpc) is 2.43. The first-order chi connectivity index (χ1) is 9.58. The number of carbonyl (C=O) groups excluding carboxylic acids is 1. The van der Waals surface area contributed by atoms with Crippen LogP contribution in [0.4, 0.5) is 14.9 Å². The zero-order chi connectivity index (χ0) is 14.5. The van der Waals surface area contributed by atoms with Gasteiger partial charge in [-0.25, -0.2) is 9.18 Å². The van der Waals surface area contributed by atoms with Gasteiger partial charge in [0, 0.05) is 13.6 Å². The number of amides is 2. The second-order valence-electron chi connectivity index (χ2n) is 4.69. The van der Waals surface area contributed by atoms with Gasteiger partial charge in [-0.2, -0.15) is 0 Å². The zero-order valence-corrected chi connectivity index (χ0v) is 11.6. The summed E-state index contributed by atoms with van der Waals surface area (Å²) in [6, 6.07) is 13.6. The Balaban J connectivity index is 2.03. The van der Waals surface area contributed by atoms with E-state index in [2.05, 4.69) is 5.32 Å². The number of hydrogen-bond donors (Lipinski definition) is 1. The van der Waals surface area contributed by atoms with Gasteiger partial charge in [0.2, 0.25) is 0 Å². The molecule has 0 radical (unpaired) electrons. The third-order valence-corrected chi connectivity index (χ3v) is 3.13. The third kappa shape index (κ3) is 3.35. The summed E-state index contributed by atoms with van der Waals surface area (Å²) in [4.78, 5) is 13.6. The fraction of sp³-hybridized carbons (Fsp3) is 0.188. The summed E-state index contributed by atoms with van der Waals surface area (Å²) >= 11 is 0. The predicted octanol–water partition coefficient (Wildman–Crippen LogP) is 3.80. The highest BCUT2D eigenvalue weighted by Crippen LogP contribution is 2.14. The Labute approximate surface area is 118 Å². The Hall–Kier alpha value is -2.36. The van der Waals surface area contributed by atoms with Crippen LogP contribution in [0.25, 0.3) is 0 Å². The molecule has 1 N–H and O–H groups in total. The van der Waals surface area contributed by atoms with E-state index in [1.165, 1.54) is 17.0 Å². The van der Waals surface area contributed by atoms with Crippen LogP contribution >= 0.6 is 0 Å². The van der Waals surface area contributed by atoms with Crippen molar-refractivity contribution >= 4 is 11.7 Å². The van der Waals surface area contributed by atoms with Gasteiger partial charge in [-0.3, -0.25) is 0 Å². The maximum atomic E-state index is 13.5. The van der Waals surface area contributed by atoms with E-state index in [1.807, 2.05) is 31.2 Å². The van der Waals surface area contributed by atoms with Crippen LogP contribution in [0.15, 0.2) is 48.5 Å². The van der Waals surface area contributed by atoms with E-state index in [0.29, 0.717) is 6.54 Å². The molecule has 20 heavy (non-hydrogen) atoms. The molecule has 0 heterocycles. The van der Waals surface area contributed by atoms with Crippen LogP contribution in [0.5, 0.6) is 0 Å². The summed E-state index contributed by atoms with van der Waals surface area (Å²) in [5.74, 6) is -0.440. The fourth-order valence-corrected chi connectivity index (χ4v) is 1.89. The highest BCUT2D eigenvalue weighted by atomic mass is 19.1. The highest BCUT2D eigenvalue weighted by molar-refractivity contribution is 5.89. The SMILES string of the molecule is Cc1ccccc1CN(C)C(=O)Nc1ccccc1F. The molecule has 0 aliphatic heterocycles. The van der Waals surface area contributed by atoms with E-state index < -0.39 is 5.82 Å². The molecule has 0 spiro atoms. The van der Waals surface area contributed by atoms with Crippen molar-refractivity contribution in [2.45, 2.75) is 13.5 Å². The number of urea groups is 1. The number of carbonyl (C=O) groups is 1. The van der Waals surface area contributed by atoms with Gasteiger partial charge < -0.3 is 10.2 Å². The maximum Gasteiger partial charge on any atom is 0.321 e. The van der Waals surface area contributed by atoms with Crippen LogP contribution in [0, 0.1) is 12.7 Å². The lowest BCUT2D eigenvalue weighted by Gasteiger charge is -2.19. The van der Waals surface area contributed by atoms with Crippen molar-refractivity contribution in [2.24, 2.45) is 0 Å². The molecule has 4 heteroatoms. The molecule has 2 amide bonds. The Morgan fingerprint density at radius 3 is 2.50 bits per heavy atom. The maximum absolute atomic E-state index is 13.5. The van der Waals surface area contributed by atoms with Crippen molar-refractivity contribution in [3.8, 4) is 0 Å². The molecular weight excluding hydrogens is 255 g/mol. The van der Waals surface area contributed by atoms with E-state index in [0.717, 1.165) is 11.1 Å². The molecule has 2 aromatic rings. The van der Waals surface area contributed by atoms with E-state index in [4.69, 9.17) is 0 Å². The average molecular weight is 272 g/mol. The largest absolute Gasteiger partial charge is 0.323 e. The monoisotopic (exact) mass is 272 g/mol. The molecule has 0 aromatic heterocycles. The van der Waals surface area contributed by atoms with Crippen LogP contribution in [0.2, 0.25) is 0 Å². The van der Waals surface area contributed by atoms with Gasteiger partial charge in [-0.15, -0.1) is 0 Å². The standard InChI is InChI=1S/C16H17FN2O/c1-12-7-3-4-8-13(12)11-19(2)16(20)18-15-10-6-5-9-14(15)17/h3-10H,11H2,1-2H3,(H,18,20). The Kier molecular flexibility index (Phi) is 4.35. The van der Waals surface area contributed by atoms with Gasteiger partial charge in [0.25, 0.3) is 0 Å². The lowest BCUT2D eigenvalue weighted by Crippen LogP contribution is -2.31.